The van der Waals surface area contributed by atoms with E-state index in [1.54, 1.807) is 0 Å². The number of hydrogen-bond donors (Lipinski definition) is 2. The van der Waals surface area contributed by atoms with Crippen LogP contribution in [0.4, 0.5) is 0 Å². The molecule has 0 bridgehead atoms. The van der Waals surface area contributed by atoms with Crippen LogP contribution in [0.2, 0.25) is 0 Å². The number of carbonyl (C=O) groups is 2. The fourth-order valence-electron chi connectivity index (χ4n) is 3.87. The molecule has 0 unspecified atom stereocenters. The molecule has 1 aromatic rings. The number of likely N-dealkylation sites (tertiary alicyclic amines) is 1. The molecule has 156 valence electrons. The van der Waals surface area contributed by atoms with Gasteiger partial charge in [-0.25, -0.2) is 0 Å². The molecular weight excluding hydrogens is 352 g/mol. The molecule has 1 atom stereocenters. The van der Waals surface area contributed by atoms with E-state index in [0.717, 1.165) is 31.5 Å². The zero-order valence-corrected chi connectivity index (χ0v) is 18.1. The number of piperidine rings is 1. The number of amides is 1. The number of quaternary nitrogens is 1. The van der Waals surface area contributed by atoms with E-state index in [1.807, 2.05) is 6.92 Å². The van der Waals surface area contributed by atoms with Gasteiger partial charge in [-0.3, -0.25) is 9.59 Å². The molecule has 1 aliphatic heterocycles. The van der Waals surface area contributed by atoms with Crippen molar-refractivity contribution in [3.05, 3.63) is 35.4 Å². The van der Waals surface area contributed by atoms with Crippen molar-refractivity contribution in [2.75, 3.05) is 26.2 Å². The maximum absolute atomic E-state index is 12.7. The summed E-state index contributed by atoms with van der Waals surface area (Å²) in [6, 6.07) is 8.61. The van der Waals surface area contributed by atoms with Crippen LogP contribution in [-0.2, 0) is 14.3 Å². The van der Waals surface area contributed by atoms with Crippen LogP contribution in [0.15, 0.2) is 24.3 Å². The highest BCUT2D eigenvalue weighted by Gasteiger charge is 2.30. The third-order valence-electron chi connectivity index (χ3n) is 5.67. The molecule has 2 rings (SSSR count). The number of benzene rings is 1. The zero-order chi connectivity index (χ0) is 20.7. The van der Waals surface area contributed by atoms with E-state index in [1.165, 1.54) is 10.5 Å². The van der Waals surface area contributed by atoms with Crippen molar-refractivity contribution in [1.29, 1.82) is 0 Å². The maximum Gasteiger partial charge on any atom is 0.309 e. The Morgan fingerprint density at radius 2 is 1.64 bits per heavy atom. The topological polar surface area (TPSA) is 59.8 Å². The van der Waals surface area contributed by atoms with Gasteiger partial charge in [-0.15, -0.1) is 0 Å². The van der Waals surface area contributed by atoms with Gasteiger partial charge in [0.2, 0.25) is 0 Å². The van der Waals surface area contributed by atoms with Crippen LogP contribution in [0.5, 0.6) is 0 Å². The standard InChI is InChI=1S/C23H36N2O3/c1-6-28-23(27)20-11-13-25(14-12-20)15-21(26)24-22(17(4)5)19-9-7-18(8-10-19)16(2)3/h7-10,16-17,20,22H,6,11-15H2,1-5H3,(H,24,26)/p+1/t22-/m0/s1. The molecule has 0 aliphatic carbocycles. The third kappa shape index (κ3) is 6.33. The van der Waals surface area contributed by atoms with Gasteiger partial charge >= 0.3 is 5.97 Å². The van der Waals surface area contributed by atoms with Gasteiger partial charge in [0.1, 0.15) is 0 Å². The molecule has 0 radical (unpaired) electrons. The minimum Gasteiger partial charge on any atom is -0.466 e. The van der Waals surface area contributed by atoms with E-state index in [2.05, 4.69) is 57.3 Å². The number of rotatable bonds is 8. The van der Waals surface area contributed by atoms with Crippen LogP contribution in [0.25, 0.3) is 0 Å². The predicted molar refractivity (Wildman–Crippen MR) is 111 cm³/mol. The lowest BCUT2D eigenvalue weighted by Crippen LogP contribution is -3.14. The summed E-state index contributed by atoms with van der Waals surface area (Å²) in [5, 5.41) is 3.23. The van der Waals surface area contributed by atoms with Crippen LogP contribution in [0.1, 0.15) is 70.5 Å². The van der Waals surface area contributed by atoms with Crippen molar-refractivity contribution >= 4 is 11.9 Å². The van der Waals surface area contributed by atoms with Crippen molar-refractivity contribution in [1.82, 2.24) is 5.32 Å². The van der Waals surface area contributed by atoms with Crippen molar-refractivity contribution in [3.63, 3.8) is 0 Å². The molecule has 5 nitrogen and oxygen atoms in total. The van der Waals surface area contributed by atoms with Gasteiger partial charge in [0.05, 0.1) is 31.7 Å². The second-order valence-electron chi connectivity index (χ2n) is 8.56. The maximum atomic E-state index is 12.7. The Kier molecular flexibility index (Phi) is 8.49. The number of hydrogen-bond acceptors (Lipinski definition) is 3. The van der Waals surface area contributed by atoms with Gasteiger partial charge in [-0.05, 0) is 29.9 Å². The van der Waals surface area contributed by atoms with Crippen LogP contribution in [0.3, 0.4) is 0 Å². The van der Waals surface area contributed by atoms with Gasteiger partial charge in [0.15, 0.2) is 6.54 Å². The highest BCUT2D eigenvalue weighted by Crippen LogP contribution is 2.24. The summed E-state index contributed by atoms with van der Waals surface area (Å²) in [5.74, 6) is 0.808. The highest BCUT2D eigenvalue weighted by molar-refractivity contribution is 5.77. The fraction of sp³-hybridized carbons (Fsp3) is 0.652. The monoisotopic (exact) mass is 389 g/mol. The Labute approximate surface area is 169 Å². The van der Waals surface area contributed by atoms with Crippen molar-refractivity contribution < 1.29 is 19.2 Å². The Hall–Kier alpha value is -1.88. The van der Waals surface area contributed by atoms with Crippen molar-refractivity contribution in [2.24, 2.45) is 11.8 Å². The van der Waals surface area contributed by atoms with Crippen molar-refractivity contribution in [3.8, 4) is 0 Å². The molecule has 1 heterocycles. The summed E-state index contributed by atoms with van der Waals surface area (Å²) in [6.07, 6.45) is 1.59. The van der Waals surface area contributed by atoms with Crippen LogP contribution in [-0.4, -0.2) is 38.1 Å². The lowest BCUT2D eigenvalue weighted by Gasteiger charge is -2.29. The summed E-state index contributed by atoms with van der Waals surface area (Å²) < 4.78 is 5.12. The largest absolute Gasteiger partial charge is 0.466 e. The van der Waals surface area contributed by atoms with E-state index >= 15 is 0 Å². The Bertz CT molecular complexity index is 632. The minimum atomic E-state index is -0.0873. The first kappa shape index (κ1) is 22.4. The summed E-state index contributed by atoms with van der Waals surface area (Å²) in [4.78, 5) is 25.8. The Morgan fingerprint density at radius 3 is 2.14 bits per heavy atom. The van der Waals surface area contributed by atoms with E-state index in [9.17, 15) is 9.59 Å². The summed E-state index contributed by atoms with van der Waals surface area (Å²) in [6.45, 7) is 13.1. The summed E-state index contributed by atoms with van der Waals surface area (Å²) in [5.41, 5.74) is 2.47. The zero-order valence-electron chi connectivity index (χ0n) is 18.1. The van der Waals surface area contributed by atoms with Gasteiger partial charge in [-0.1, -0.05) is 52.0 Å². The normalized spacial score (nSPS) is 20.8. The summed E-state index contributed by atoms with van der Waals surface area (Å²) in [7, 11) is 0. The van der Waals surface area contributed by atoms with Crippen molar-refractivity contribution in [2.45, 2.75) is 59.4 Å². The molecule has 2 N–H and O–H groups in total. The molecule has 1 fully saturated rings. The minimum absolute atomic E-state index is 0.00496. The first-order valence-electron chi connectivity index (χ1n) is 10.7. The van der Waals surface area contributed by atoms with E-state index in [0.29, 0.717) is 25.0 Å². The molecular formula is C23H37N2O3+. The van der Waals surface area contributed by atoms with E-state index in [4.69, 9.17) is 4.74 Å². The smallest absolute Gasteiger partial charge is 0.309 e. The molecule has 1 aromatic carbocycles. The average Bonchev–Trinajstić information content (AvgIpc) is 2.66. The van der Waals surface area contributed by atoms with E-state index < -0.39 is 0 Å². The average molecular weight is 390 g/mol. The van der Waals surface area contributed by atoms with Gasteiger partial charge in [-0.2, -0.15) is 0 Å². The fourth-order valence-corrected chi connectivity index (χ4v) is 3.87. The third-order valence-corrected chi connectivity index (χ3v) is 5.67. The Balaban J connectivity index is 1.88. The van der Waals surface area contributed by atoms with Gasteiger partial charge in [0.25, 0.3) is 5.91 Å². The predicted octanol–water partition coefficient (Wildman–Crippen LogP) is 2.48. The quantitative estimate of drug-likeness (QED) is 0.672. The first-order chi connectivity index (χ1) is 13.3. The summed E-state index contributed by atoms with van der Waals surface area (Å²) >= 11 is 0. The van der Waals surface area contributed by atoms with Gasteiger partial charge < -0.3 is 15.0 Å². The second kappa shape index (κ2) is 10.6. The number of nitrogens with one attached hydrogen (secondary N) is 2. The van der Waals surface area contributed by atoms with Crippen LogP contribution < -0.4 is 10.2 Å². The van der Waals surface area contributed by atoms with Crippen LogP contribution in [0, 0.1) is 11.8 Å². The second-order valence-corrected chi connectivity index (χ2v) is 8.56. The number of carbonyl (C=O) groups excluding carboxylic acids is 2. The lowest BCUT2D eigenvalue weighted by molar-refractivity contribution is -0.897. The molecule has 28 heavy (non-hydrogen) atoms. The molecule has 0 spiro atoms. The lowest BCUT2D eigenvalue weighted by atomic mass is 9.93. The number of esters is 1. The molecule has 1 amide bonds. The molecule has 0 saturated carbocycles. The Morgan fingerprint density at radius 1 is 1.07 bits per heavy atom. The number of ether oxygens (including phenoxy) is 1. The first-order valence-corrected chi connectivity index (χ1v) is 10.7. The van der Waals surface area contributed by atoms with Gasteiger partial charge in [0, 0.05) is 12.8 Å². The molecule has 0 aromatic heterocycles. The SMILES string of the molecule is CCOC(=O)C1CC[NH+](CC(=O)N[C@H](c2ccc(C(C)C)cc2)C(C)C)CC1. The van der Waals surface area contributed by atoms with E-state index in [-0.39, 0.29) is 23.8 Å². The molecule has 1 saturated heterocycles. The molecule has 1 aliphatic rings. The molecule has 5 heteroatoms. The van der Waals surface area contributed by atoms with Crippen LogP contribution >= 0.6 is 0 Å². The highest BCUT2D eigenvalue weighted by atomic mass is 16.5.